The summed E-state index contributed by atoms with van der Waals surface area (Å²) in [6, 6.07) is 26.0. The van der Waals surface area contributed by atoms with Crippen LogP contribution in [0.15, 0.2) is 91.5 Å². The maximum Gasteiger partial charge on any atom is -0.00930 e. The summed E-state index contributed by atoms with van der Waals surface area (Å²) in [5.41, 5.74) is 5.08. The first-order valence-corrected chi connectivity index (χ1v) is 8.59. The lowest BCUT2D eigenvalue weighted by atomic mass is 9.90. The van der Waals surface area contributed by atoms with Crippen LogP contribution in [-0.4, -0.2) is 0 Å². The molecular formula is C25H20. The summed E-state index contributed by atoms with van der Waals surface area (Å²) < 4.78 is 0. The highest BCUT2D eigenvalue weighted by atomic mass is 14.1. The number of rotatable bonds is 3. The third kappa shape index (κ3) is 2.66. The predicted octanol–water partition coefficient (Wildman–Crippen LogP) is 7.17. The van der Waals surface area contributed by atoms with Crippen molar-refractivity contribution in [1.29, 1.82) is 0 Å². The summed E-state index contributed by atoms with van der Waals surface area (Å²) in [4.78, 5) is 0. The number of benzene rings is 4. The molecule has 0 radical (unpaired) electrons. The second-order valence-corrected chi connectivity index (χ2v) is 6.31. The fourth-order valence-corrected chi connectivity index (χ4v) is 3.58. The lowest BCUT2D eigenvalue weighted by Gasteiger charge is -2.14. The molecule has 0 aliphatic carbocycles. The molecule has 0 aliphatic heterocycles. The van der Waals surface area contributed by atoms with E-state index in [-0.39, 0.29) is 0 Å². The van der Waals surface area contributed by atoms with Gasteiger partial charge in [0.1, 0.15) is 0 Å². The van der Waals surface area contributed by atoms with Crippen LogP contribution in [0.25, 0.3) is 38.7 Å². The maximum atomic E-state index is 3.81. The number of aryl methyl sites for hydroxylation is 1. The molecule has 0 heterocycles. The monoisotopic (exact) mass is 320 g/mol. The van der Waals surface area contributed by atoms with Crippen LogP contribution in [0, 0.1) is 6.92 Å². The summed E-state index contributed by atoms with van der Waals surface area (Å²) in [7, 11) is 0. The summed E-state index contributed by atoms with van der Waals surface area (Å²) in [6.07, 6.45) is 6.01. The fourth-order valence-electron chi connectivity index (χ4n) is 3.58. The highest BCUT2D eigenvalue weighted by Crippen LogP contribution is 2.35. The molecule has 0 heteroatoms. The van der Waals surface area contributed by atoms with Crippen molar-refractivity contribution in [3.05, 3.63) is 103 Å². The lowest BCUT2D eigenvalue weighted by molar-refractivity contribution is 1.52. The van der Waals surface area contributed by atoms with Gasteiger partial charge in [-0.2, -0.15) is 0 Å². The first-order chi connectivity index (χ1) is 12.3. The molecule has 0 spiro atoms. The predicted molar refractivity (Wildman–Crippen MR) is 111 cm³/mol. The SMILES string of the molecule is C=C/C=C\c1c(C)c2ccccc2c2cc(-c3ccccc3)ccc12. The van der Waals surface area contributed by atoms with Crippen LogP contribution >= 0.6 is 0 Å². The molecule has 0 atom stereocenters. The zero-order valence-electron chi connectivity index (χ0n) is 14.4. The Hall–Kier alpha value is -3.12. The van der Waals surface area contributed by atoms with Crippen molar-refractivity contribution in [3.8, 4) is 11.1 Å². The second-order valence-electron chi connectivity index (χ2n) is 6.31. The highest BCUT2D eigenvalue weighted by molar-refractivity contribution is 6.13. The third-order valence-corrected chi connectivity index (χ3v) is 4.84. The minimum Gasteiger partial charge on any atom is -0.0991 e. The first kappa shape index (κ1) is 15.4. The summed E-state index contributed by atoms with van der Waals surface area (Å²) in [5, 5.41) is 5.20. The maximum absolute atomic E-state index is 3.81. The van der Waals surface area contributed by atoms with Gasteiger partial charge < -0.3 is 0 Å². The van der Waals surface area contributed by atoms with E-state index in [0.717, 1.165) is 0 Å². The molecule has 0 saturated heterocycles. The van der Waals surface area contributed by atoms with E-state index in [1.165, 1.54) is 43.8 Å². The van der Waals surface area contributed by atoms with Gasteiger partial charge in [-0.05, 0) is 56.8 Å². The number of hydrogen-bond acceptors (Lipinski definition) is 0. The van der Waals surface area contributed by atoms with Crippen molar-refractivity contribution in [2.24, 2.45) is 0 Å². The molecule has 0 amide bonds. The van der Waals surface area contributed by atoms with E-state index in [0.29, 0.717) is 0 Å². The van der Waals surface area contributed by atoms with Crippen molar-refractivity contribution >= 4 is 27.6 Å². The second kappa shape index (κ2) is 6.41. The van der Waals surface area contributed by atoms with Gasteiger partial charge in [-0.3, -0.25) is 0 Å². The van der Waals surface area contributed by atoms with Crippen molar-refractivity contribution in [2.75, 3.05) is 0 Å². The van der Waals surface area contributed by atoms with E-state index < -0.39 is 0 Å². The fraction of sp³-hybridized carbons (Fsp3) is 0.0400. The minimum atomic E-state index is 1.25. The van der Waals surface area contributed by atoms with E-state index in [1.54, 1.807) is 0 Å². The Kier molecular flexibility index (Phi) is 3.95. The molecule has 0 saturated carbocycles. The van der Waals surface area contributed by atoms with Crippen LogP contribution in [0.3, 0.4) is 0 Å². The Morgan fingerprint density at radius 2 is 1.40 bits per heavy atom. The van der Waals surface area contributed by atoms with E-state index in [9.17, 15) is 0 Å². The van der Waals surface area contributed by atoms with Crippen molar-refractivity contribution in [2.45, 2.75) is 6.92 Å². The molecular weight excluding hydrogens is 300 g/mol. The average Bonchev–Trinajstić information content (AvgIpc) is 2.68. The Balaban J connectivity index is 2.10. The number of fused-ring (bicyclic) bond motifs is 3. The smallest absolute Gasteiger partial charge is 0.00930 e. The molecule has 0 unspecified atom stereocenters. The third-order valence-electron chi connectivity index (χ3n) is 4.84. The zero-order chi connectivity index (χ0) is 17.2. The van der Waals surface area contributed by atoms with E-state index in [1.807, 2.05) is 12.2 Å². The van der Waals surface area contributed by atoms with Crippen LogP contribution in [0.5, 0.6) is 0 Å². The largest absolute Gasteiger partial charge is 0.0991 e. The van der Waals surface area contributed by atoms with Crippen molar-refractivity contribution in [1.82, 2.24) is 0 Å². The molecule has 4 aromatic carbocycles. The molecule has 0 N–H and O–H groups in total. The topological polar surface area (TPSA) is 0 Å². The molecule has 0 nitrogen and oxygen atoms in total. The van der Waals surface area contributed by atoms with E-state index in [4.69, 9.17) is 0 Å². The zero-order valence-corrected chi connectivity index (χ0v) is 14.4. The van der Waals surface area contributed by atoms with Gasteiger partial charge in [0, 0.05) is 0 Å². The molecule has 4 rings (SSSR count). The summed E-state index contributed by atoms with van der Waals surface area (Å²) >= 11 is 0. The standard InChI is InChI=1S/C25H20/c1-3-4-12-21-18(2)22-13-8-9-14-23(22)25-17-20(15-16-24(21)25)19-10-6-5-7-11-19/h3-17H,1H2,2H3/b12-4-. The van der Waals surface area contributed by atoms with Gasteiger partial charge in [0.2, 0.25) is 0 Å². The molecule has 4 aromatic rings. The quantitative estimate of drug-likeness (QED) is 0.277. The molecule has 0 aliphatic rings. The summed E-state index contributed by atoms with van der Waals surface area (Å²) in [5.74, 6) is 0. The van der Waals surface area contributed by atoms with Crippen LogP contribution in [0.2, 0.25) is 0 Å². The highest BCUT2D eigenvalue weighted by Gasteiger charge is 2.10. The molecule has 120 valence electrons. The average molecular weight is 320 g/mol. The molecule has 0 bridgehead atoms. The summed E-state index contributed by atoms with van der Waals surface area (Å²) in [6.45, 7) is 6.02. The van der Waals surface area contributed by atoms with Crippen LogP contribution in [0.1, 0.15) is 11.1 Å². The van der Waals surface area contributed by atoms with Crippen LogP contribution < -0.4 is 0 Å². The Bertz CT molecular complexity index is 1100. The Labute approximate surface area is 148 Å². The van der Waals surface area contributed by atoms with Gasteiger partial charge in [0.05, 0.1) is 0 Å². The van der Waals surface area contributed by atoms with Crippen molar-refractivity contribution in [3.63, 3.8) is 0 Å². The van der Waals surface area contributed by atoms with E-state index in [2.05, 4.69) is 92.4 Å². The van der Waals surface area contributed by atoms with Gasteiger partial charge in [-0.25, -0.2) is 0 Å². The Morgan fingerprint density at radius 1 is 0.680 bits per heavy atom. The van der Waals surface area contributed by atoms with Gasteiger partial charge in [-0.15, -0.1) is 0 Å². The normalized spacial score (nSPS) is 11.4. The van der Waals surface area contributed by atoms with Gasteiger partial charge in [0.15, 0.2) is 0 Å². The van der Waals surface area contributed by atoms with Gasteiger partial charge in [-0.1, -0.05) is 91.5 Å². The van der Waals surface area contributed by atoms with Crippen LogP contribution in [0.4, 0.5) is 0 Å². The van der Waals surface area contributed by atoms with Crippen molar-refractivity contribution < 1.29 is 0 Å². The molecule has 0 fully saturated rings. The lowest BCUT2D eigenvalue weighted by Crippen LogP contribution is -1.89. The van der Waals surface area contributed by atoms with Gasteiger partial charge in [0.25, 0.3) is 0 Å². The number of hydrogen-bond donors (Lipinski definition) is 0. The van der Waals surface area contributed by atoms with E-state index >= 15 is 0 Å². The van der Waals surface area contributed by atoms with Crippen LogP contribution in [-0.2, 0) is 0 Å². The molecule has 0 aromatic heterocycles. The first-order valence-electron chi connectivity index (χ1n) is 8.59. The van der Waals surface area contributed by atoms with Gasteiger partial charge >= 0.3 is 0 Å². The minimum absolute atomic E-state index is 1.25. The molecule has 25 heavy (non-hydrogen) atoms. The number of allylic oxidation sites excluding steroid dienone is 2. The Morgan fingerprint density at radius 3 is 2.16 bits per heavy atom.